The molecule has 0 saturated heterocycles. The molecule has 2 N–H and O–H groups in total. The molecule has 0 radical (unpaired) electrons. The number of nitrogen functional groups attached to an aromatic ring is 1. The highest BCUT2D eigenvalue weighted by atomic mass is 16.5. The summed E-state index contributed by atoms with van der Waals surface area (Å²) in [6, 6.07) is 13.2. The summed E-state index contributed by atoms with van der Waals surface area (Å²) < 4.78 is 10.7. The Hall–Kier alpha value is -2.82. The Labute approximate surface area is 122 Å². The second-order valence-corrected chi connectivity index (χ2v) is 4.75. The number of aromatic nitrogens is 2. The maximum absolute atomic E-state index is 5.77. The van der Waals surface area contributed by atoms with E-state index < -0.39 is 0 Å². The fourth-order valence-corrected chi connectivity index (χ4v) is 2.11. The van der Waals surface area contributed by atoms with E-state index in [0.29, 0.717) is 17.4 Å². The van der Waals surface area contributed by atoms with Crippen molar-refractivity contribution in [3.8, 4) is 28.6 Å². The minimum absolute atomic E-state index is 0.430. The predicted molar refractivity (Wildman–Crippen MR) is 80.9 cm³/mol. The highest BCUT2D eigenvalue weighted by molar-refractivity contribution is 5.67. The molecule has 0 spiro atoms. The van der Waals surface area contributed by atoms with Gasteiger partial charge in [-0.1, -0.05) is 17.3 Å². The fraction of sp³-hybridized carbons (Fsp3) is 0.125. The van der Waals surface area contributed by atoms with Crippen molar-refractivity contribution < 1.29 is 9.26 Å². The molecule has 0 aliphatic carbocycles. The first-order chi connectivity index (χ1) is 10.2. The third kappa shape index (κ3) is 2.58. The average molecular weight is 281 g/mol. The zero-order chi connectivity index (χ0) is 14.8. The summed E-state index contributed by atoms with van der Waals surface area (Å²) in [6.07, 6.45) is 0. The van der Waals surface area contributed by atoms with Crippen LogP contribution in [0.5, 0.6) is 5.75 Å². The lowest BCUT2D eigenvalue weighted by atomic mass is 10.1. The molecule has 0 aliphatic heterocycles. The van der Waals surface area contributed by atoms with Crippen molar-refractivity contribution in [2.24, 2.45) is 0 Å². The first-order valence-electron chi connectivity index (χ1n) is 6.52. The number of anilines is 1. The standard InChI is InChI=1S/C16H15N3O2/c1-10-6-7-13(14(8-10)20-2)15-18-16(21-19-15)11-4-3-5-12(17)9-11/h3-9H,17H2,1-2H3. The zero-order valence-corrected chi connectivity index (χ0v) is 11.8. The van der Waals surface area contributed by atoms with Crippen molar-refractivity contribution in [1.29, 1.82) is 0 Å². The molecule has 0 aliphatic rings. The summed E-state index contributed by atoms with van der Waals surface area (Å²) in [4.78, 5) is 4.42. The molecule has 0 unspecified atom stereocenters. The molecule has 1 aromatic heterocycles. The van der Waals surface area contributed by atoms with Crippen LogP contribution in [0.15, 0.2) is 47.0 Å². The van der Waals surface area contributed by atoms with Crippen molar-refractivity contribution in [3.63, 3.8) is 0 Å². The summed E-state index contributed by atoms with van der Waals surface area (Å²) in [5.41, 5.74) is 9.11. The lowest BCUT2D eigenvalue weighted by molar-refractivity contribution is 0.413. The van der Waals surface area contributed by atoms with E-state index in [1.165, 1.54) is 0 Å². The Kier molecular flexibility index (Phi) is 3.31. The number of rotatable bonds is 3. The third-order valence-electron chi connectivity index (χ3n) is 3.16. The van der Waals surface area contributed by atoms with Crippen LogP contribution in [0.4, 0.5) is 5.69 Å². The number of hydrogen-bond donors (Lipinski definition) is 1. The van der Waals surface area contributed by atoms with E-state index in [0.717, 1.165) is 22.4 Å². The van der Waals surface area contributed by atoms with Crippen molar-refractivity contribution >= 4 is 5.69 Å². The van der Waals surface area contributed by atoms with Crippen LogP contribution in [0.1, 0.15) is 5.56 Å². The van der Waals surface area contributed by atoms with Crippen molar-refractivity contribution in [1.82, 2.24) is 10.1 Å². The predicted octanol–water partition coefficient (Wildman–Crippen LogP) is 3.30. The van der Waals surface area contributed by atoms with E-state index in [9.17, 15) is 0 Å². The second-order valence-electron chi connectivity index (χ2n) is 4.75. The fourth-order valence-electron chi connectivity index (χ4n) is 2.11. The van der Waals surface area contributed by atoms with Crippen LogP contribution < -0.4 is 10.5 Å². The van der Waals surface area contributed by atoms with Gasteiger partial charge >= 0.3 is 0 Å². The minimum Gasteiger partial charge on any atom is -0.496 e. The van der Waals surface area contributed by atoms with E-state index in [4.69, 9.17) is 15.0 Å². The van der Waals surface area contributed by atoms with Crippen LogP contribution in [0.25, 0.3) is 22.8 Å². The van der Waals surface area contributed by atoms with Crippen LogP contribution in [0.3, 0.4) is 0 Å². The van der Waals surface area contributed by atoms with Gasteiger partial charge in [0.1, 0.15) is 5.75 Å². The van der Waals surface area contributed by atoms with Gasteiger partial charge in [-0.3, -0.25) is 0 Å². The van der Waals surface area contributed by atoms with Crippen LogP contribution in [-0.2, 0) is 0 Å². The molecule has 3 rings (SSSR count). The molecule has 5 heteroatoms. The maximum atomic E-state index is 5.77. The monoisotopic (exact) mass is 281 g/mol. The molecule has 0 saturated carbocycles. The molecular weight excluding hydrogens is 266 g/mol. The van der Waals surface area contributed by atoms with E-state index >= 15 is 0 Å². The Morgan fingerprint density at radius 2 is 2.00 bits per heavy atom. The molecule has 0 fully saturated rings. The van der Waals surface area contributed by atoms with Gasteiger partial charge in [-0.2, -0.15) is 4.98 Å². The van der Waals surface area contributed by atoms with Gasteiger partial charge < -0.3 is 15.0 Å². The molecule has 1 heterocycles. The van der Waals surface area contributed by atoms with E-state index in [1.54, 1.807) is 13.2 Å². The molecule has 0 amide bonds. The summed E-state index contributed by atoms with van der Waals surface area (Å²) >= 11 is 0. The third-order valence-corrected chi connectivity index (χ3v) is 3.16. The molecular formula is C16H15N3O2. The van der Waals surface area contributed by atoms with Crippen molar-refractivity contribution in [3.05, 3.63) is 48.0 Å². The summed E-state index contributed by atoms with van der Waals surface area (Å²) in [5.74, 6) is 1.64. The Bertz CT molecular complexity index is 781. The van der Waals surface area contributed by atoms with Gasteiger partial charge in [0.25, 0.3) is 5.89 Å². The normalized spacial score (nSPS) is 10.6. The first-order valence-corrected chi connectivity index (χ1v) is 6.52. The summed E-state index contributed by atoms with van der Waals surface area (Å²) in [5, 5.41) is 4.02. The number of benzene rings is 2. The topological polar surface area (TPSA) is 74.2 Å². The molecule has 21 heavy (non-hydrogen) atoms. The van der Waals surface area contributed by atoms with E-state index in [1.807, 2.05) is 43.3 Å². The average Bonchev–Trinajstić information content (AvgIpc) is 2.96. The quantitative estimate of drug-likeness (QED) is 0.745. The number of aryl methyl sites for hydroxylation is 1. The Morgan fingerprint density at radius 1 is 1.14 bits per heavy atom. The number of nitrogens with two attached hydrogens (primary N) is 1. The van der Waals surface area contributed by atoms with Crippen LogP contribution in [0.2, 0.25) is 0 Å². The summed E-state index contributed by atoms with van der Waals surface area (Å²) in [7, 11) is 1.62. The van der Waals surface area contributed by atoms with Crippen LogP contribution in [0, 0.1) is 6.92 Å². The number of hydrogen-bond acceptors (Lipinski definition) is 5. The zero-order valence-electron chi connectivity index (χ0n) is 11.8. The Morgan fingerprint density at radius 3 is 2.76 bits per heavy atom. The molecule has 2 aromatic carbocycles. The lowest BCUT2D eigenvalue weighted by Gasteiger charge is -2.05. The van der Waals surface area contributed by atoms with Gasteiger partial charge in [-0.25, -0.2) is 0 Å². The molecule has 0 atom stereocenters. The van der Waals surface area contributed by atoms with Crippen molar-refractivity contribution in [2.45, 2.75) is 6.92 Å². The van der Waals surface area contributed by atoms with Gasteiger partial charge in [0, 0.05) is 11.3 Å². The lowest BCUT2D eigenvalue weighted by Crippen LogP contribution is -1.90. The van der Waals surface area contributed by atoms with Gasteiger partial charge in [-0.15, -0.1) is 0 Å². The van der Waals surface area contributed by atoms with Gasteiger partial charge in [0.2, 0.25) is 5.82 Å². The Balaban J connectivity index is 2.02. The smallest absolute Gasteiger partial charge is 0.258 e. The van der Waals surface area contributed by atoms with Gasteiger partial charge in [0.15, 0.2) is 0 Å². The van der Waals surface area contributed by atoms with Gasteiger partial charge in [-0.05, 0) is 42.8 Å². The number of methoxy groups -OCH3 is 1. The van der Waals surface area contributed by atoms with Gasteiger partial charge in [0.05, 0.1) is 12.7 Å². The second kappa shape index (κ2) is 5.28. The summed E-state index contributed by atoms with van der Waals surface area (Å²) in [6.45, 7) is 2.00. The SMILES string of the molecule is COc1cc(C)ccc1-c1noc(-c2cccc(N)c2)n1. The first kappa shape index (κ1) is 13.2. The van der Waals surface area contributed by atoms with Crippen molar-refractivity contribution in [2.75, 3.05) is 12.8 Å². The minimum atomic E-state index is 0.430. The van der Waals surface area contributed by atoms with Crippen LogP contribution >= 0.6 is 0 Å². The van der Waals surface area contributed by atoms with E-state index in [2.05, 4.69) is 10.1 Å². The molecule has 5 nitrogen and oxygen atoms in total. The maximum Gasteiger partial charge on any atom is 0.258 e. The molecule has 3 aromatic rings. The highest BCUT2D eigenvalue weighted by Gasteiger charge is 2.14. The van der Waals surface area contributed by atoms with Crippen LogP contribution in [-0.4, -0.2) is 17.3 Å². The number of ether oxygens (including phenoxy) is 1. The molecule has 106 valence electrons. The number of nitrogens with zero attached hydrogens (tertiary/aromatic N) is 2. The molecule has 0 bridgehead atoms. The largest absolute Gasteiger partial charge is 0.496 e. The highest BCUT2D eigenvalue weighted by Crippen LogP contribution is 2.30. The van der Waals surface area contributed by atoms with E-state index in [-0.39, 0.29) is 0 Å².